The second-order valence-corrected chi connectivity index (χ2v) is 8.61. The lowest BCUT2D eigenvalue weighted by molar-refractivity contribution is -0.384. The molecule has 1 amide bonds. The van der Waals surface area contributed by atoms with Gasteiger partial charge >= 0.3 is 0 Å². The van der Waals surface area contributed by atoms with Crippen LogP contribution in [0, 0.1) is 17.0 Å². The van der Waals surface area contributed by atoms with Gasteiger partial charge in [0.15, 0.2) is 0 Å². The Bertz CT molecular complexity index is 1310. The zero-order valence-corrected chi connectivity index (χ0v) is 19.0. The predicted octanol–water partition coefficient (Wildman–Crippen LogP) is 5.25. The SMILES string of the molecule is COc1ccc(N2C(=O)C(=O)/C(=C(\O)c3ccc([N+](=O)[O-])cc3)C2c2sccc2C)cc1Cl. The van der Waals surface area contributed by atoms with Gasteiger partial charge in [-0.25, -0.2) is 0 Å². The molecule has 0 saturated carbocycles. The highest BCUT2D eigenvalue weighted by atomic mass is 35.5. The van der Waals surface area contributed by atoms with Gasteiger partial charge in [0.2, 0.25) is 0 Å². The first-order valence-corrected chi connectivity index (χ1v) is 10.9. The molecule has 1 fully saturated rings. The first-order chi connectivity index (χ1) is 15.7. The third kappa shape index (κ3) is 3.85. The normalized spacial score (nSPS) is 17.4. The van der Waals surface area contributed by atoms with E-state index in [1.165, 1.54) is 53.7 Å². The molecule has 1 unspecified atom stereocenters. The summed E-state index contributed by atoms with van der Waals surface area (Å²) in [6, 6.07) is 10.8. The van der Waals surface area contributed by atoms with Gasteiger partial charge in [0.25, 0.3) is 17.4 Å². The quantitative estimate of drug-likeness (QED) is 0.174. The van der Waals surface area contributed by atoms with E-state index < -0.39 is 28.4 Å². The highest BCUT2D eigenvalue weighted by Crippen LogP contribution is 2.45. The summed E-state index contributed by atoms with van der Waals surface area (Å²) in [5.74, 6) is -1.69. The Morgan fingerprint density at radius 2 is 1.88 bits per heavy atom. The largest absolute Gasteiger partial charge is 0.507 e. The Morgan fingerprint density at radius 1 is 1.18 bits per heavy atom. The molecule has 33 heavy (non-hydrogen) atoms. The number of carbonyl (C=O) groups is 2. The molecule has 0 aliphatic carbocycles. The van der Waals surface area contributed by atoms with E-state index in [1.807, 2.05) is 18.4 Å². The van der Waals surface area contributed by atoms with E-state index in [0.29, 0.717) is 16.3 Å². The lowest BCUT2D eigenvalue weighted by Gasteiger charge is -2.25. The van der Waals surface area contributed by atoms with Crippen LogP contribution in [-0.2, 0) is 9.59 Å². The number of anilines is 1. The van der Waals surface area contributed by atoms with E-state index in [1.54, 1.807) is 12.1 Å². The molecule has 2 heterocycles. The number of rotatable bonds is 5. The van der Waals surface area contributed by atoms with E-state index in [2.05, 4.69) is 0 Å². The number of aryl methyl sites for hydroxylation is 1. The van der Waals surface area contributed by atoms with Crippen molar-refractivity contribution in [2.75, 3.05) is 12.0 Å². The molecule has 8 nitrogen and oxygen atoms in total. The number of hydrogen-bond donors (Lipinski definition) is 1. The monoisotopic (exact) mass is 484 g/mol. The summed E-state index contributed by atoms with van der Waals surface area (Å²) in [7, 11) is 1.46. The summed E-state index contributed by atoms with van der Waals surface area (Å²) < 4.78 is 5.17. The van der Waals surface area contributed by atoms with Crippen LogP contribution in [0.4, 0.5) is 11.4 Å². The Kier molecular flexibility index (Phi) is 5.92. The number of ketones is 1. The maximum absolute atomic E-state index is 13.2. The van der Waals surface area contributed by atoms with Gasteiger partial charge in [0.05, 0.1) is 22.6 Å². The standard InChI is InChI=1S/C23H17ClN2O6S/c1-12-9-10-33-22(12)19-18(20(27)13-3-5-14(6-4-13)26(30)31)21(28)23(29)25(19)15-7-8-17(32-2)16(24)11-15/h3-11,19,27H,1-2H3/b20-18-. The summed E-state index contributed by atoms with van der Waals surface area (Å²) >= 11 is 7.61. The molecule has 10 heteroatoms. The number of thiophene rings is 1. The van der Waals surface area contributed by atoms with Gasteiger partial charge in [-0.1, -0.05) is 11.6 Å². The number of halogens is 1. The Hall–Kier alpha value is -3.69. The van der Waals surface area contributed by atoms with Crippen molar-refractivity contribution in [1.82, 2.24) is 0 Å². The number of ether oxygens (including phenoxy) is 1. The van der Waals surface area contributed by atoms with Crippen LogP contribution in [0.15, 0.2) is 59.5 Å². The van der Waals surface area contributed by atoms with E-state index in [0.717, 1.165) is 5.56 Å². The minimum Gasteiger partial charge on any atom is -0.507 e. The van der Waals surface area contributed by atoms with Gasteiger partial charge in [-0.15, -0.1) is 11.3 Å². The Labute approximate surface area is 197 Å². The van der Waals surface area contributed by atoms with Crippen LogP contribution in [0.25, 0.3) is 5.76 Å². The molecule has 4 rings (SSSR count). The predicted molar refractivity (Wildman–Crippen MR) is 125 cm³/mol. The van der Waals surface area contributed by atoms with Crippen LogP contribution in [0.5, 0.6) is 5.75 Å². The Balaban J connectivity index is 1.91. The number of nitrogens with zero attached hydrogens (tertiary/aromatic N) is 2. The number of non-ortho nitro benzene ring substituents is 1. The second kappa shape index (κ2) is 8.68. The maximum atomic E-state index is 13.2. The van der Waals surface area contributed by atoms with Crippen LogP contribution in [0.2, 0.25) is 5.02 Å². The van der Waals surface area contributed by atoms with Crippen molar-refractivity contribution in [1.29, 1.82) is 0 Å². The number of benzene rings is 2. The highest BCUT2D eigenvalue weighted by molar-refractivity contribution is 7.10. The van der Waals surface area contributed by atoms with E-state index in [9.17, 15) is 24.8 Å². The number of Topliss-reactive ketones (excluding diaryl/α,β-unsaturated/α-hetero) is 1. The fourth-order valence-corrected chi connectivity index (χ4v) is 4.99. The topological polar surface area (TPSA) is 110 Å². The molecule has 2 aromatic carbocycles. The number of methoxy groups -OCH3 is 1. The van der Waals surface area contributed by atoms with Crippen molar-refractivity contribution in [2.45, 2.75) is 13.0 Å². The molecule has 1 N–H and O–H groups in total. The van der Waals surface area contributed by atoms with Crippen LogP contribution in [0.3, 0.4) is 0 Å². The van der Waals surface area contributed by atoms with Crippen molar-refractivity contribution in [2.24, 2.45) is 0 Å². The number of nitro groups is 1. The second-order valence-electron chi connectivity index (χ2n) is 7.26. The van der Waals surface area contributed by atoms with Crippen LogP contribution >= 0.6 is 22.9 Å². The number of amides is 1. The van der Waals surface area contributed by atoms with E-state index >= 15 is 0 Å². The lowest BCUT2D eigenvalue weighted by atomic mass is 9.98. The van der Waals surface area contributed by atoms with Crippen LogP contribution in [0.1, 0.15) is 22.0 Å². The molecular weight excluding hydrogens is 468 g/mol. The third-order valence-electron chi connectivity index (χ3n) is 5.36. The van der Waals surface area contributed by atoms with Crippen LogP contribution < -0.4 is 9.64 Å². The summed E-state index contributed by atoms with van der Waals surface area (Å²) in [5.41, 5.74) is 1.12. The van der Waals surface area contributed by atoms with E-state index in [-0.39, 0.29) is 21.8 Å². The molecule has 1 aromatic heterocycles. The molecule has 0 spiro atoms. The van der Waals surface area contributed by atoms with Crippen molar-refractivity contribution in [3.8, 4) is 5.75 Å². The molecule has 1 atom stereocenters. The molecule has 0 radical (unpaired) electrons. The number of hydrogen-bond acceptors (Lipinski definition) is 7. The molecule has 3 aromatic rings. The molecule has 168 valence electrons. The average Bonchev–Trinajstić information content (AvgIpc) is 3.33. The zero-order valence-electron chi connectivity index (χ0n) is 17.4. The van der Waals surface area contributed by atoms with Crippen molar-refractivity contribution >= 4 is 51.8 Å². The molecule has 0 bridgehead atoms. The first kappa shape index (κ1) is 22.5. The van der Waals surface area contributed by atoms with Gasteiger partial charge in [-0.05, 0) is 54.3 Å². The fourth-order valence-electron chi connectivity index (χ4n) is 3.71. The zero-order chi connectivity index (χ0) is 23.9. The summed E-state index contributed by atoms with van der Waals surface area (Å²) in [6.07, 6.45) is 0. The number of aliphatic hydroxyl groups is 1. The van der Waals surface area contributed by atoms with Crippen molar-refractivity contribution in [3.05, 3.63) is 90.6 Å². The van der Waals surface area contributed by atoms with Gasteiger partial charge < -0.3 is 9.84 Å². The fraction of sp³-hybridized carbons (Fsp3) is 0.130. The van der Waals surface area contributed by atoms with Crippen LogP contribution in [-0.4, -0.2) is 28.8 Å². The van der Waals surface area contributed by atoms with Gasteiger partial charge in [-0.3, -0.25) is 24.6 Å². The van der Waals surface area contributed by atoms with Gasteiger partial charge in [0, 0.05) is 28.3 Å². The highest BCUT2D eigenvalue weighted by Gasteiger charge is 2.48. The van der Waals surface area contributed by atoms with Gasteiger partial charge in [0.1, 0.15) is 17.6 Å². The first-order valence-electron chi connectivity index (χ1n) is 9.68. The number of aliphatic hydroxyl groups excluding tert-OH is 1. The van der Waals surface area contributed by atoms with Crippen molar-refractivity contribution in [3.63, 3.8) is 0 Å². The number of carbonyl (C=O) groups excluding carboxylic acids is 2. The minimum atomic E-state index is -0.898. The number of nitro benzene ring substituents is 1. The molecule has 1 saturated heterocycles. The molecule has 1 aliphatic rings. The Morgan fingerprint density at radius 3 is 2.42 bits per heavy atom. The summed E-state index contributed by atoms with van der Waals surface area (Å²) in [4.78, 5) is 38.7. The van der Waals surface area contributed by atoms with E-state index in [4.69, 9.17) is 16.3 Å². The average molecular weight is 485 g/mol. The summed E-state index contributed by atoms with van der Waals surface area (Å²) in [5, 5.41) is 24.1. The van der Waals surface area contributed by atoms with Gasteiger partial charge in [-0.2, -0.15) is 0 Å². The third-order valence-corrected chi connectivity index (χ3v) is 6.73. The molecular formula is C23H17ClN2O6S. The smallest absolute Gasteiger partial charge is 0.300 e. The van der Waals surface area contributed by atoms with Crippen molar-refractivity contribution < 1.29 is 24.4 Å². The summed E-state index contributed by atoms with van der Waals surface area (Å²) in [6.45, 7) is 1.85. The molecule has 1 aliphatic heterocycles. The maximum Gasteiger partial charge on any atom is 0.300 e. The lowest BCUT2D eigenvalue weighted by Crippen LogP contribution is -2.29. The minimum absolute atomic E-state index is 0.105.